The van der Waals surface area contributed by atoms with Gasteiger partial charge in [-0.2, -0.15) is 0 Å². The van der Waals surface area contributed by atoms with E-state index in [0.29, 0.717) is 31.1 Å². The third-order valence-corrected chi connectivity index (χ3v) is 5.93. The summed E-state index contributed by atoms with van der Waals surface area (Å²) in [5, 5.41) is 13.8. The van der Waals surface area contributed by atoms with Gasteiger partial charge in [-0.05, 0) is 46.5 Å². The Morgan fingerprint density at radius 3 is 2.52 bits per heavy atom. The molecular formula is C25H26NO5-. The third-order valence-electron chi connectivity index (χ3n) is 5.93. The number of carbonyl (C=O) groups excluding carboxylic acids is 1. The molecule has 0 radical (unpaired) electrons. The van der Waals surface area contributed by atoms with Gasteiger partial charge in [0.2, 0.25) is 0 Å². The van der Waals surface area contributed by atoms with E-state index in [-0.39, 0.29) is 18.6 Å². The van der Waals surface area contributed by atoms with Gasteiger partial charge in [0.25, 0.3) is 0 Å². The van der Waals surface area contributed by atoms with Crippen molar-refractivity contribution >= 4 is 16.9 Å². The monoisotopic (exact) mass is 420 g/mol. The molecule has 31 heavy (non-hydrogen) atoms. The number of fused-ring (bicyclic) bond motifs is 1. The van der Waals surface area contributed by atoms with Gasteiger partial charge in [0.15, 0.2) is 11.5 Å². The molecular weight excluding hydrogens is 394 g/mol. The molecule has 0 aromatic heterocycles. The van der Waals surface area contributed by atoms with Gasteiger partial charge in [-0.3, -0.25) is 0 Å². The summed E-state index contributed by atoms with van der Waals surface area (Å²) in [7, 11) is 3.21. The lowest BCUT2D eigenvalue weighted by Crippen LogP contribution is -2.51. The molecule has 0 spiro atoms. The maximum Gasteiger partial charge on any atom is 0.160 e. The average Bonchev–Trinajstić information content (AvgIpc) is 2.81. The first-order chi connectivity index (χ1) is 15.1. The van der Waals surface area contributed by atoms with Crippen molar-refractivity contribution in [3.8, 4) is 11.5 Å². The Labute approximate surface area is 182 Å². The zero-order valence-corrected chi connectivity index (χ0v) is 17.7. The SMILES string of the molecule is COc1ccc(C2CCN(C(=O)[O-])CC2OCc2ccc3ccccc3c2)cc1OC. The molecule has 0 bridgehead atoms. The predicted octanol–water partition coefficient (Wildman–Crippen LogP) is 3.58. The van der Waals surface area contributed by atoms with Crippen molar-refractivity contribution in [2.75, 3.05) is 27.3 Å². The highest BCUT2D eigenvalue weighted by Crippen LogP contribution is 2.36. The minimum absolute atomic E-state index is 0.0378. The number of amides is 1. The van der Waals surface area contributed by atoms with Crippen molar-refractivity contribution in [3.63, 3.8) is 0 Å². The highest BCUT2D eigenvalue weighted by atomic mass is 16.5. The Morgan fingerprint density at radius 1 is 1.00 bits per heavy atom. The number of piperidine rings is 1. The maximum absolute atomic E-state index is 11.5. The Hall–Kier alpha value is -3.25. The number of hydrogen-bond acceptors (Lipinski definition) is 5. The van der Waals surface area contributed by atoms with Crippen LogP contribution in [-0.2, 0) is 11.3 Å². The number of methoxy groups -OCH3 is 2. The Morgan fingerprint density at radius 2 is 1.77 bits per heavy atom. The van der Waals surface area contributed by atoms with Crippen LogP contribution >= 0.6 is 0 Å². The van der Waals surface area contributed by atoms with E-state index >= 15 is 0 Å². The van der Waals surface area contributed by atoms with E-state index in [1.807, 2.05) is 36.4 Å². The van der Waals surface area contributed by atoms with Crippen LogP contribution in [-0.4, -0.2) is 44.4 Å². The summed E-state index contributed by atoms with van der Waals surface area (Å²) in [4.78, 5) is 12.8. The molecule has 3 aromatic carbocycles. The fraction of sp³-hybridized carbons (Fsp3) is 0.320. The second-order valence-electron chi connectivity index (χ2n) is 7.75. The minimum Gasteiger partial charge on any atom is -0.530 e. The average molecular weight is 420 g/mol. The quantitative estimate of drug-likeness (QED) is 0.610. The summed E-state index contributed by atoms with van der Waals surface area (Å²) in [5.74, 6) is 1.35. The molecule has 1 heterocycles. The van der Waals surface area contributed by atoms with E-state index in [0.717, 1.165) is 16.5 Å². The molecule has 0 aliphatic carbocycles. The highest BCUT2D eigenvalue weighted by Gasteiger charge is 2.32. The van der Waals surface area contributed by atoms with Gasteiger partial charge in [0, 0.05) is 19.0 Å². The van der Waals surface area contributed by atoms with Crippen molar-refractivity contribution < 1.29 is 24.1 Å². The summed E-state index contributed by atoms with van der Waals surface area (Å²) in [5.41, 5.74) is 2.09. The fourth-order valence-electron chi connectivity index (χ4n) is 4.25. The van der Waals surface area contributed by atoms with Crippen molar-refractivity contribution in [2.24, 2.45) is 0 Å². The van der Waals surface area contributed by atoms with E-state index in [1.165, 1.54) is 10.3 Å². The summed E-state index contributed by atoms with van der Waals surface area (Å²) >= 11 is 0. The standard InChI is InChI=1S/C25H27NO5/c1-29-22-10-9-20(14-23(22)30-2)21-11-12-26(25(27)28)15-24(21)31-16-17-7-8-18-5-3-4-6-19(18)13-17/h3-10,13-14,21,24H,11-12,15-16H2,1-2H3,(H,27,28)/p-1. The van der Waals surface area contributed by atoms with Gasteiger partial charge in [-0.25, -0.2) is 0 Å². The second-order valence-corrected chi connectivity index (χ2v) is 7.75. The molecule has 0 saturated carbocycles. The van der Waals surface area contributed by atoms with E-state index in [4.69, 9.17) is 14.2 Å². The first-order valence-corrected chi connectivity index (χ1v) is 10.4. The van der Waals surface area contributed by atoms with E-state index < -0.39 is 6.09 Å². The van der Waals surface area contributed by atoms with Crippen LogP contribution in [0.3, 0.4) is 0 Å². The van der Waals surface area contributed by atoms with Crippen LogP contribution in [0.15, 0.2) is 60.7 Å². The Bertz CT molecular complexity index is 1070. The summed E-state index contributed by atoms with van der Waals surface area (Å²) in [6, 6.07) is 20.2. The highest BCUT2D eigenvalue weighted by molar-refractivity contribution is 5.82. The predicted molar refractivity (Wildman–Crippen MR) is 116 cm³/mol. The van der Waals surface area contributed by atoms with E-state index in [2.05, 4.69) is 24.3 Å². The van der Waals surface area contributed by atoms with Gasteiger partial charge in [-0.15, -0.1) is 0 Å². The van der Waals surface area contributed by atoms with Crippen LogP contribution in [0.1, 0.15) is 23.5 Å². The summed E-state index contributed by atoms with van der Waals surface area (Å²) in [6.45, 7) is 1.09. The topological polar surface area (TPSA) is 71.1 Å². The second kappa shape index (κ2) is 9.27. The van der Waals surface area contributed by atoms with E-state index in [1.54, 1.807) is 14.2 Å². The molecule has 2 unspecified atom stereocenters. The molecule has 6 nitrogen and oxygen atoms in total. The molecule has 1 fully saturated rings. The van der Waals surface area contributed by atoms with Gasteiger partial charge in [0.1, 0.15) is 6.09 Å². The largest absolute Gasteiger partial charge is 0.530 e. The van der Waals surface area contributed by atoms with Crippen molar-refractivity contribution in [1.29, 1.82) is 0 Å². The number of carboxylic acid groups (broad SMARTS) is 1. The number of carbonyl (C=O) groups is 1. The first-order valence-electron chi connectivity index (χ1n) is 10.4. The number of hydrogen-bond donors (Lipinski definition) is 0. The van der Waals surface area contributed by atoms with Gasteiger partial charge in [0.05, 0.1) is 26.9 Å². The van der Waals surface area contributed by atoms with Crippen LogP contribution in [0.4, 0.5) is 4.79 Å². The van der Waals surface area contributed by atoms with Gasteiger partial charge in [-0.1, -0.05) is 42.5 Å². The fourth-order valence-corrected chi connectivity index (χ4v) is 4.25. The third kappa shape index (κ3) is 4.59. The molecule has 1 amide bonds. The number of nitrogens with zero attached hydrogens (tertiary/aromatic N) is 1. The van der Waals surface area contributed by atoms with Gasteiger partial charge >= 0.3 is 0 Å². The molecule has 3 aromatic rings. The van der Waals surface area contributed by atoms with Crippen molar-refractivity contribution in [2.45, 2.75) is 25.0 Å². The number of benzene rings is 3. The van der Waals surface area contributed by atoms with Crippen LogP contribution < -0.4 is 14.6 Å². The number of ether oxygens (including phenoxy) is 3. The van der Waals surface area contributed by atoms with Crippen LogP contribution in [0.5, 0.6) is 11.5 Å². The zero-order chi connectivity index (χ0) is 21.8. The van der Waals surface area contributed by atoms with Gasteiger partial charge < -0.3 is 29.0 Å². The Balaban J connectivity index is 1.56. The molecule has 1 aliphatic rings. The smallest absolute Gasteiger partial charge is 0.160 e. The van der Waals surface area contributed by atoms with Crippen LogP contribution in [0.2, 0.25) is 0 Å². The number of likely N-dealkylation sites (tertiary alicyclic amines) is 1. The normalized spacial score (nSPS) is 18.7. The molecule has 1 aliphatic heterocycles. The van der Waals surface area contributed by atoms with Crippen molar-refractivity contribution in [3.05, 3.63) is 71.8 Å². The number of rotatable bonds is 6. The molecule has 1 saturated heterocycles. The van der Waals surface area contributed by atoms with E-state index in [9.17, 15) is 9.90 Å². The summed E-state index contributed by atoms with van der Waals surface area (Å²) < 4.78 is 17.1. The molecule has 4 rings (SSSR count). The maximum atomic E-state index is 11.5. The summed E-state index contributed by atoms with van der Waals surface area (Å²) in [6.07, 6.45) is -0.812. The minimum atomic E-state index is -1.16. The lowest BCUT2D eigenvalue weighted by atomic mass is 9.86. The lowest BCUT2D eigenvalue weighted by molar-refractivity contribution is -0.268. The van der Waals surface area contributed by atoms with Crippen LogP contribution in [0, 0.1) is 0 Å². The molecule has 162 valence electrons. The lowest BCUT2D eigenvalue weighted by Gasteiger charge is -2.40. The molecule has 6 heteroatoms. The van der Waals surface area contributed by atoms with Crippen LogP contribution in [0.25, 0.3) is 10.8 Å². The first kappa shape index (κ1) is 21.0. The zero-order valence-electron chi connectivity index (χ0n) is 17.7. The molecule has 0 N–H and O–H groups in total. The Kier molecular flexibility index (Phi) is 6.28. The van der Waals surface area contributed by atoms with Crippen molar-refractivity contribution in [1.82, 2.24) is 4.90 Å². The molecule has 2 atom stereocenters.